The summed E-state index contributed by atoms with van der Waals surface area (Å²) < 4.78 is 97.7. The Bertz CT molecular complexity index is 868. The monoisotopic (exact) mass is 522 g/mol. The standard InChI is InChI=1S/C26H32F6O4/c1-3-15(2)19-6-4-16(5-7-19)13-34-23(33)24(25(27,28)29,26(30,31)32)36-14-35-22-20-9-17-8-18(11-20)12-21(22)10-17/h4-7,15,17-18,20-22H,3,8-14H2,1-2H3. The molecule has 1 aromatic rings. The van der Waals surface area contributed by atoms with Crippen molar-refractivity contribution in [3.63, 3.8) is 0 Å². The van der Waals surface area contributed by atoms with Gasteiger partial charge in [0.15, 0.2) is 0 Å². The van der Waals surface area contributed by atoms with Crippen molar-refractivity contribution in [1.82, 2.24) is 0 Å². The molecule has 4 fully saturated rings. The van der Waals surface area contributed by atoms with Crippen LogP contribution in [0.2, 0.25) is 0 Å². The summed E-state index contributed by atoms with van der Waals surface area (Å²) in [6.45, 7) is 1.91. The van der Waals surface area contributed by atoms with Gasteiger partial charge in [-0.05, 0) is 79.2 Å². The van der Waals surface area contributed by atoms with Gasteiger partial charge in [-0.25, -0.2) is 4.79 Å². The second kappa shape index (κ2) is 10.2. The van der Waals surface area contributed by atoms with E-state index >= 15 is 0 Å². The van der Waals surface area contributed by atoms with Crippen LogP contribution in [0.15, 0.2) is 24.3 Å². The predicted octanol–water partition coefficient (Wildman–Crippen LogP) is 6.92. The summed E-state index contributed by atoms with van der Waals surface area (Å²) in [5.41, 5.74) is -3.92. The smallest absolute Gasteiger partial charge is 0.437 e. The first-order valence-corrected chi connectivity index (χ1v) is 12.5. The summed E-state index contributed by atoms with van der Waals surface area (Å²) in [6, 6.07) is 6.42. The Kier molecular flexibility index (Phi) is 7.68. The van der Waals surface area contributed by atoms with E-state index in [0.29, 0.717) is 11.8 Å². The van der Waals surface area contributed by atoms with E-state index in [0.717, 1.165) is 44.1 Å². The molecule has 4 nitrogen and oxygen atoms in total. The zero-order valence-electron chi connectivity index (χ0n) is 20.3. The van der Waals surface area contributed by atoms with Crippen LogP contribution in [0, 0.1) is 23.7 Å². The Morgan fingerprint density at radius 2 is 1.44 bits per heavy atom. The van der Waals surface area contributed by atoms with E-state index in [-0.39, 0.29) is 23.3 Å². The van der Waals surface area contributed by atoms with Crippen LogP contribution in [0.1, 0.15) is 69.4 Å². The van der Waals surface area contributed by atoms with Crippen molar-refractivity contribution >= 4 is 5.97 Å². The average Bonchev–Trinajstić information content (AvgIpc) is 2.79. The molecule has 0 amide bonds. The zero-order chi connectivity index (χ0) is 26.3. The van der Waals surface area contributed by atoms with Gasteiger partial charge in [0.05, 0.1) is 6.10 Å². The molecule has 0 N–H and O–H groups in total. The fourth-order valence-electron chi connectivity index (χ4n) is 6.39. The topological polar surface area (TPSA) is 44.8 Å². The van der Waals surface area contributed by atoms with Gasteiger partial charge in [-0.1, -0.05) is 38.1 Å². The molecule has 4 bridgehead atoms. The lowest BCUT2D eigenvalue weighted by molar-refractivity contribution is -0.385. The maximum absolute atomic E-state index is 13.9. The van der Waals surface area contributed by atoms with E-state index in [2.05, 4.69) is 9.47 Å². The van der Waals surface area contributed by atoms with E-state index in [1.54, 1.807) is 12.1 Å². The highest BCUT2D eigenvalue weighted by molar-refractivity contribution is 5.82. The van der Waals surface area contributed by atoms with Gasteiger partial charge in [-0.2, -0.15) is 26.3 Å². The number of hydrogen-bond acceptors (Lipinski definition) is 4. The molecular weight excluding hydrogens is 490 g/mol. The molecule has 0 spiro atoms. The van der Waals surface area contributed by atoms with Gasteiger partial charge in [0.25, 0.3) is 0 Å². The summed E-state index contributed by atoms with van der Waals surface area (Å²) in [7, 11) is 0. The van der Waals surface area contributed by atoms with Gasteiger partial charge in [-0.3, -0.25) is 0 Å². The lowest BCUT2D eigenvalue weighted by atomic mass is 9.55. The first kappa shape index (κ1) is 27.2. The van der Waals surface area contributed by atoms with Crippen molar-refractivity contribution in [2.24, 2.45) is 23.7 Å². The normalized spacial score (nSPS) is 28.8. The summed E-state index contributed by atoms with van der Waals surface area (Å²) in [5, 5.41) is 0. The molecule has 0 heterocycles. The molecule has 1 unspecified atom stereocenters. The molecule has 4 aliphatic rings. The van der Waals surface area contributed by atoms with Crippen LogP contribution in [-0.2, 0) is 25.6 Å². The van der Waals surface area contributed by atoms with Crippen molar-refractivity contribution < 1.29 is 45.3 Å². The number of benzene rings is 1. The van der Waals surface area contributed by atoms with Crippen molar-refractivity contribution in [3.05, 3.63) is 35.4 Å². The van der Waals surface area contributed by atoms with Crippen LogP contribution in [0.3, 0.4) is 0 Å². The summed E-state index contributed by atoms with van der Waals surface area (Å²) in [5.74, 6) is -1.03. The fourth-order valence-corrected chi connectivity index (χ4v) is 6.39. The lowest BCUT2D eigenvalue weighted by Crippen LogP contribution is -2.65. The fraction of sp³-hybridized carbons (Fsp3) is 0.731. The SMILES string of the molecule is CCC(C)c1ccc(COC(=O)C(OCOC2C3CC4CC(C3)CC2C4)(C(F)(F)F)C(F)(F)F)cc1. The number of halogens is 6. The molecule has 0 aliphatic heterocycles. The summed E-state index contributed by atoms with van der Waals surface area (Å²) >= 11 is 0. The molecular formula is C26H32F6O4. The second-order valence-electron chi connectivity index (χ2n) is 10.6. The van der Waals surface area contributed by atoms with Crippen LogP contribution in [0.25, 0.3) is 0 Å². The molecule has 1 aromatic carbocycles. The number of hydrogen-bond donors (Lipinski definition) is 0. The molecule has 10 heteroatoms. The maximum atomic E-state index is 13.9. The molecule has 0 saturated heterocycles. The van der Waals surface area contributed by atoms with Gasteiger partial charge in [0, 0.05) is 0 Å². The summed E-state index contributed by atoms with van der Waals surface area (Å²) in [6.07, 6.45) is -7.23. The third kappa shape index (κ3) is 5.12. The Hall–Kier alpha value is -1.81. The van der Waals surface area contributed by atoms with Crippen LogP contribution in [0.5, 0.6) is 0 Å². The molecule has 36 heavy (non-hydrogen) atoms. The van der Waals surface area contributed by atoms with Crippen LogP contribution in [-0.4, -0.2) is 36.8 Å². The van der Waals surface area contributed by atoms with Crippen LogP contribution in [0.4, 0.5) is 26.3 Å². The number of alkyl halides is 6. The van der Waals surface area contributed by atoms with E-state index in [1.165, 1.54) is 12.1 Å². The Labute approximate surface area is 206 Å². The highest BCUT2D eigenvalue weighted by Crippen LogP contribution is 2.55. The van der Waals surface area contributed by atoms with Crippen LogP contribution < -0.4 is 0 Å². The molecule has 202 valence electrons. The average molecular weight is 523 g/mol. The van der Waals surface area contributed by atoms with E-state index in [9.17, 15) is 31.1 Å². The van der Waals surface area contributed by atoms with Crippen molar-refractivity contribution in [1.29, 1.82) is 0 Å². The Morgan fingerprint density at radius 1 is 0.917 bits per heavy atom. The largest absolute Gasteiger partial charge is 0.458 e. The molecule has 5 rings (SSSR count). The predicted molar refractivity (Wildman–Crippen MR) is 118 cm³/mol. The summed E-state index contributed by atoms with van der Waals surface area (Å²) in [4.78, 5) is 12.4. The Morgan fingerprint density at radius 3 is 1.92 bits per heavy atom. The number of rotatable bonds is 9. The Balaban J connectivity index is 1.45. The van der Waals surface area contributed by atoms with E-state index < -0.39 is 43.4 Å². The van der Waals surface area contributed by atoms with Gasteiger partial charge in [-0.15, -0.1) is 0 Å². The first-order valence-electron chi connectivity index (χ1n) is 12.5. The quantitative estimate of drug-likeness (QED) is 0.201. The minimum atomic E-state index is -6.10. The molecule has 4 aliphatic carbocycles. The minimum Gasteiger partial charge on any atom is -0.458 e. The highest BCUT2D eigenvalue weighted by Gasteiger charge is 2.79. The number of esters is 1. The maximum Gasteiger partial charge on any atom is 0.437 e. The molecule has 1 atom stereocenters. The van der Waals surface area contributed by atoms with Gasteiger partial charge >= 0.3 is 23.9 Å². The van der Waals surface area contributed by atoms with E-state index in [1.807, 2.05) is 13.8 Å². The number of carbonyl (C=O) groups is 1. The molecule has 0 radical (unpaired) electrons. The highest BCUT2D eigenvalue weighted by atomic mass is 19.4. The third-order valence-corrected chi connectivity index (χ3v) is 8.29. The molecule has 4 saturated carbocycles. The van der Waals surface area contributed by atoms with Gasteiger partial charge in [0.1, 0.15) is 13.4 Å². The number of carbonyl (C=O) groups excluding carboxylic acids is 1. The number of ether oxygens (including phenoxy) is 3. The van der Waals surface area contributed by atoms with Crippen molar-refractivity contribution in [2.75, 3.05) is 6.79 Å². The zero-order valence-corrected chi connectivity index (χ0v) is 20.3. The van der Waals surface area contributed by atoms with Crippen molar-refractivity contribution in [2.45, 2.75) is 89.0 Å². The molecule has 0 aromatic heterocycles. The van der Waals surface area contributed by atoms with E-state index in [4.69, 9.17) is 4.74 Å². The third-order valence-electron chi connectivity index (χ3n) is 8.29. The lowest BCUT2D eigenvalue weighted by Gasteiger charge is -2.54. The van der Waals surface area contributed by atoms with Gasteiger partial charge in [0.2, 0.25) is 0 Å². The van der Waals surface area contributed by atoms with Gasteiger partial charge < -0.3 is 14.2 Å². The van der Waals surface area contributed by atoms with Crippen LogP contribution >= 0.6 is 0 Å². The second-order valence-corrected chi connectivity index (χ2v) is 10.6. The minimum absolute atomic E-state index is 0.0985. The first-order chi connectivity index (χ1) is 16.9. The van der Waals surface area contributed by atoms with Crippen molar-refractivity contribution in [3.8, 4) is 0 Å².